The first kappa shape index (κ1) is 25.4. The highest BCUT2D eigenvalue weighted by Crippen LogP contribution is 2.33. The van der Waals surface area contributed by atoms with E-state index < -0.39 is 0 Å². The van der Waals surface area contributed by atoms with Crippen molar-refractivity contribution in [2.75, 3.05) is 40.5 Å². The van der Waals surface area contributed by atoms with Crippen molar-refractivity contribution in [3.05, 3.63) is 53.1 Å². The zero-order chi connectivity index (χ0) is 25.5. The average Bonchev–Trinajstić information content (AvgIpc) is 3.53. The van der Waals surface area contributed by atoms with E-state index in [1.807, 2.05) is 45.2 Å². The summed E-state index contributed by atoms with van der Waals surface area (Å²) >= 11 is 0. The summed E-state index contributed by atoms with van der Waals surface area (Å²) in [6.07, 6.45) is 1.59. The van der Waals surface area contributed by atoms with Crippen molar-refractivity contribution in [3.8, 4) is 34.7 Å². The Bertz CT molecular complexity index is 1260. The van der Waals surface area contributed by atoms with E-state index in [0.717, 1.165) is 48.3 Å². The Hall–Kier alpha value is -3.74. The number of rotatable bonds is 11. The van der Waals surface area contributed by atoms with Crippen molar-refractivity contribution < 1.29 is 18.8 Å². The Balaban J connectivity index is 1.49. The fraction of sp³-hybridized carbons (Fsp3) is 0.407. The van der Waals surface area contributed by atoms with Gasteiger partial charge in [-0.2, -0.15) is 10.2 Å². The third-order valence-electron chi connectivity index (χ3n) is 5.89. The van der Waals surface area contributed by atoms with Crippen LogP contribution in [0.2, 0.25) is 0 Å². The van der Waals surface area contributed by atoms with Gasteiger partial charge in [-0.3, -0.25) is 0 Å². The van der Waals surface area contributed by atoms with E-state index in [1.54, 1.807) is 19.2 Å². The van der Waals surface area contributed by atoms with Crippen LogP contribution in [0.15, 0.2) is 46.1 Å². The molecule has 9 nitrogen and oxygen atoms in total. The third kappa shape index (κ3) is 5.90. The molecule has 0 spiro atoms. The van der Waals surface area contributed by atoms with E-state index in [9.17, 15) is 5.26 Å². The van der Waals surface area contributed by atoms with Crippen molar-refractivity contribution in [3.63, 3.8) is 0 Å². The Kier molecular flexibility index (Phi) is 8.31. The number of hydrogen-bond acceptors (Lipinski definition) is 9. The van der Waals surface area contributed by atoms with Crippen LogP contribution in [-0.4, -0.2) is 67.3 Å². The maximum absolute atomic E-state index is 9.53. The van der Waals surface area contributed by atoms with E-state index >= 15 is 0 Å². The summed E-state index contributed by atoms with van der Waals surface area (Å²) < 4.78 is 16.4. The Morgan fingerprint density at radius 3 is 2.72 bits per heavy atom. The summed E-state index contributed by atoms with van der Waals surface area (Å²) in [4.78, 5) is 12.4. The van der Waals surface area contributed by atoms with Crippen molar-refractivity contribution in [1.82, 2.24) is 15.0 Å². The molecule has 3 aromatic rings. The number of fused-ring (bicyclic) bond motifs is 1. The number of likely N-dealkylation sites (N-methyl/N-ethyl adjacent to an activating group) is 1. The molecule has 0 saturated heterocycles. The number of nitriles is 1. The molecule has 0 unspecified atom stereocenters. The molecular weight excluding hydrogens is 458 g/mol. The van der Waals surface area contributed by atoms with Gasteiger partial charge in [0.2, 0.25) is 5.82 Å². The summed E-state index contributed by atoms with van der Waals surface area (Å²) in [6, 6.07) is 13.5. The second-order valence-electron chi connectivity index (χ2n) is 8.91. The number of oxime groups is 1. The predicted molar refractivity (Wildman–Crippen MR) is 136 cm³/mol. The lowest BCUT2D eigenvalue weighted by atomic mass is 10.0. The van der Waals surface area contributed by atoms with Gasteiger partial charge in [0.1, 0.15) is 18.4 Å². The van der Waals surface area contributed by atoms with E-state index in [1.165, 1.54) is 0 Å². The fourth-order valence-electron chi connectivity index (χ4n) is 4.05. The first-order valence-corrected chi connectivity index (χ1v) is 12.0. The van der Waals surface area contributed by atoms with Crippen LogP contribution in [0.3, 0.4) is 0 Å². The van der Waals surface area contributed by atoms with Crippen LogP contribution in [0.5, 0.6) is 5.75 Å². The van der Waals surface area contributed by atoms with Crippen LogP contribution in [0.4, 0.5) is 0 Å². The first-order chi connectivity index (χ1) is 17.5. The van der Waals surface area contributed by atoms with Gasteiger partial charge >= 0.3 is 0 Å². The molecule has 9 heteroatoms. The van der Waals surface area contributed by atoms with E-state index in [0.29, 0.717) is 41.8 Å². The number of methoxy groups -OCH3 is 1. The lowest BCUT2D eigenvalue weighted by Gasteiger charge is -2.14. The zero-order valence-electron chi connectivity index (χ0n) is 21.2. The summed E-state index contributed by atoms with van der Waals surface area (Å²) in [5, 5.41) is 18.2. The number of benzene rings is 2. The largest absolute Gasteiger partial charge is 0.490 e. The average molecular weight is 490 g/mol. The molecule has 1 heterocycles. The fourth-order valence-corrected chi connectivity index (χ4v) is 4.05. The molecule has 0 amide bonds. The van der Waals surface area contributed by atoms with Gasteiger partial charge in [0, 0.05) is 36.9 Å². The quantitative estimate of drug-likeness (QED) is 0.290. The lowest BCUT2D eigenvalue weighted by Crippen LogP contribution is -2.26. The van der Waals surface area contributed by atoms with Gasteiger partial charge < -0.3 is 23.7 Å². The first-order valence-electron chi connectivity index (χ1n) is 12.0. The van der Waals surface area contributed by atoms with Crippen molar-refractivity contribution in [1.29, 1.82) is 5.26 Å². The molecule has 0 atom stereocenters. The third-order valence-corrected chi connectivity index (χ3v) is 5.89. The highest BCUT2D eigenvalue weighted by atomic mass is 16.6. The summed E-state index contributed by atoms with van der Waals surface area (Å²) in [5.41, 5.74) is 5.10. The molecule has 4 rings (SSSR count). The molecule has 1 aliphatic carbocycles. The summed E-state index contributed by atoms with van der Waals surface area (Å²) in [5.74, 6) is 1.39. The van der Waals surface area contributed by atoms with Crippen molar-refractivity contribution in [2.45, 2.75) is 32.8 Å². The maximum Gasteiger partial charge on any atom is 0.258 e. The second-order valence-corrected chi connectivity index (χ2v) is 8.91. The molecule has 0 fully saturated rings. The highest BCUT2D eigenvalue weighted by Gasteiger charge is 2.24. The van der Waals surface area contributed by atoms with Crippen LogP contribution >= 0.6 is 0 Å². The molecule has 0 saturated carbocycles. The minimum absolute atomic E-state index is 0.0285. The number of ether oxygens (including phenoxy) is 2. The monoisotopic (exact) mass is 489 g/mol. The molecule has 1 aromatic heterocycles. The minimum atomic E-state index is -0.0285. The Labute approximate surface area is 211 Å². The topological polar surface area (TPSA) is 106 Å². The van der Waals surface area contributed by atoms with Gasteiger partial charge in [-0.1, -0.05) is 28.5 Å². The van der Waals surface area contributed by atoms with Crippen LogP contribution in [-0.2, 0) is 16.0 Å². The molecule has 0 N–H and O–H groups in total. The van der Waals surface area contributed by atoms with Crippen LogP contribution in [0.1, 0.15) is 37.0 Å². The molecule has 0 bridgehead atoms. The van der Waals surface area contributed by atoms with E-state index in [4.69, 9.17) is 18.8 Å². The van der Waals surface area contributed by atoms with E-state index in [-0.39, 0.29) is 6.10 Å². The van der Waals surface area contributed by atoms with Gasteiger partial charge in [-0.05, 0) is 57.5 Å². The minimum Gasteiger partial charge on any atom is -0.490 e. The molecular formula is C27H31N5O4. The van der Waals surface area contributed by atoms with Crippen molar-refractivity contribution >= 4 is 5.71 Å². The van der Waals surface area contributed by atoms with Gasteiger partial charge in [-0.15, -0.1) is 0 Å². The molecule has 188 valence electrons. The Morgan fingerprint density at radius 2 is 1.94 bits per heavy atom. The SMILES string of the molecule is COCCN(C)CCON=C1CCc2c1cccc2-c1noc(-c2ccc(OC(C)C)c(C#N)c2)n1. The molecule has 0 aliphatic heterocycles. The van der Waals surface area contributed by atoms with Crippen LogP contribution in [0, 0.1) is 11.3 Å². The van der Waals surface area contributed by atoms with Crippen LogP contribution < -0.4 is 4.74 Å². The van der Waals surface area contributed by atoms with E-state index in [2.05, 4.69) is 26.3 Å². The molecule has 2 aromatic carbocycles. The number of nitrogens with zero attached hydrogens (tertiary/aromatic N) is 5. The van der Waals surface area contributed by atoms with Crippen LogP contribution in [0.25, 0.3) is 22.8 Å². The predicted octanol–water partition coefficient (Wildman–Crippen LogP) is 4.31. The standard InChI is InChI=1S/C27H31N5O4/c1-18(2)35-25-11-8-19(16-20(25)17-28)27-29-26(31-36-27)23-7-5-6-22-21(23)9-10-24(22)30-34-15-13-32(3)12-14-33-4/h5-8,11,16,18H,9-10,12-15H2,1-4H3. The molecule has 36 heavy (non-hydrogen) atoms. The lowest BCUT2D eigenvalue weighted by molar-refractivity contribution is 0.104. The Morgan fingerprint density at radius 1 is 1.14 bits per heavy atom. The van der Waals surface area contributed by atoms with Gasteiger partial charge in [0.15, 0.2) is 0 Å². The summed E-state index contributed by atoms with van der Waals surface area (Å²) in [7, 11) is 3.73. The van der Waals surface area contributed by atoms with Gasteiger partial charge in [0.25, 0.3) is 5.89 Å². The normalized spacial score (nSPS) is 13.9. The molecule has 1 aliphatic rings. The maximum atomic E-state index is 9.53. The van der Waals surface area contributed by atoms with Gasteiger partial charge in [0.05, 0.1) is 24.0 Å². The number of hydrogen-bond donors (Lipinski definition) is 0. The smallest absolute Gasteiger partial charge is 0.258 e. The summed E-state index contributed by atoms with van der Waals surface area (Å²) in [6.45, 7) is 6.67. The highest BCUT2D eigenvalue weighted by molar-refractivity contribution is 6.05. The van der Waals surface area contributed by atoms with Crippen molar-refractivity contribution in [2.24, 2.45) is 5.16 Å². The van der Waals surface area contributed by atoms with Gasteiger partial charge in [-0.25, -0.2) is 0 Å². The number of aromatic nitrogens is 2. The molecule has 0 radical (unpaired) electrons. The zero-order valence-corrected chi connectivity index (χ0v) is 21.2. The second kappa shape index (κ2) is 11.8.